The SMILES string of the molecule is CC/C=C\C/C=C\C/C=C\C/C=C\CCCCCCCCCCCCCCCCCCCCCCC(=O)OCC(COC(=O)CCCCCCCCCCCCC)OC(=O)CCCCCCC/C=C\C/C=C\CCCCC. The third kappa shape index (κ3) is 63.6. The van der Waals surface area contributed by atoms with E-state index >= 15 is 0 Å². The van der Waals surface area contributed by atoms with Crippen molar-refractivity contribution in [1.82, 2.24) is 0 Å². The van der Waals surface area contributed by atoms with Crippen LogP contribution in [0.2, 0.25) is 0 Å². The Kier molecular flexibility index (Phi) is 62.7. The van der Waals surface area contributed by atoms with E-state index in [1.54, 1.807) is 0 Å². The number of unbranched alkanes of at least 4 members (excludes halogenated alkanes) is 38. The number of esters is 3. The zero-order valence-corrected chi connectivity index (χ0v) is 51.2. The minimum Gasteiger partial charge on any atom is -0.462 e. The number of allylic oxidation sites excluding steroid dienone is 12. The summed E-state index contributed by atoms with van der Waals surface area (Å²) in [6.07, 6.45) is 85.1. The topological polar surface area (TPSA) is 78.9 Å². The Hall–Kier alpha value is -3.15. The number of carbonyl (C=O) groups excluding carboxylic acids is 3. The third-order valence-electron chi connectivity index (χ3n) is 14.7. The highest BCUT2D eigenvalue weighted by atomic mass is 16.6. The van der Waals surface area contributed by atoms with Crippen LogP contribution in [0.4, 0.5) is 0 Å². The van der Waals surface area contributed by atoms with Crippen molar-refractivity contribution in [3.05, 3.63) is 72.9 Å². The van der Waals surface area contributed by atoms with Crippen molar-refractivity contribution in [3.63, 3.8) is 0 Å². The Bertz CT molecular complexity index is 1420. The Morgan fingerprint density at radius 3 is 0.818 bits per heavy atom. The number of rotatable bonds is 61. The molecule has 0 rings (SSSR count). The minimum atomic E-state index is -0.778. The normalized spacial score (nSPS) is 12.5. The summed E-state index contributed by atoms with van der Waals surface area (Å²) in [4.78, 5) is 38.2. The molecule has 0 aliphatic heterocycles. The van der Waals surface area contributed by atoms with Crippen LogP contribution in [0.1, 0.15) is 342 Å². The van der Waals surface area contributed by atoms with E-state index in [0.717, 1.165) is 109 Å². The summed E-state index contributed by atoms with van der Waals surface area (Å²) < 4.78 is 16.9. The molecule has 446 valence electrons. The van der Waals surface area contributed by atoms with Crippen LogP contribution in [0.3, 0.4) is 0 Å². The largest absolute Gasteiger partial charge is 0.462 e. The van der Waals surface area contributed by atoms with Crippen molar-refractivity contribution >= 4 is 17.9 Å². The molecule has 0 aromatic heterocycles. The van der Waals surface area contributed by atoms with E-state index in [4.69, 9.17) is 14.2 Å². The van der Waals surface area contributed by atoms with Crippen molar-refractivity contribution in [1.29, 1.82) is 0 Å². The van der Waals surface area contributed by atoms with Gasteiger partial charge in [-0.2, -0.15) is 0 Å². The molecule has 0 saturated carbocycles. The van der Waals surface area contributed by atoms with Crippen molar-refractivity contribution in [2.45, 2.75) is 348 Å². The first-order chi connectivity index (χ1) is 38.0. The molecule has 0 aliphatic carbocycles. The molecule has 0 bridgehead atoms. The second-order valence-electron chi connectivity index (χ2n) is 22.4. The van der Waals surface area contributed by atoms with E-state index in [-0.39, 0.29) is 31.1 Å². The third-order valence-corrected chi connectivity index (χ3v) is 14.7. The molecule has 0 aromatic carbocycles. The molecule has 0 aliphatic rings. The fourth-order valence-electron chi connectivity index (χ4n) is 9.70. The fraction of sp³-hybridized carbons (Fsp3) is 0.789. The molecule has 0 radical (unpaired) electrons. The summed E-state index contributed by atoms with van der Waals surface area (Å²) in [7, 11) is 0. The van der Waals surface area contributed by atoms with Crippen LogP contribution in [-0.2, 0) is 28.6 Å². The fourth-order valence-corrected chi connectivity index (χ4v) is 9.70. The summed E-state index contributed by atoms with van der Waals surface area (Å²) in [5, 5.41) is 0. The lowest BCUT2D eigenvalue weighted by Crippen LogP contribution is -2.30. The summed E-state index contributed by atoms with van der Waals surface area (Å²) in [5.41, 5.74) is 0. The molecule has 0 fully saturated rings. The van der Waals surface area contributed by atoms with Gasteiger partial charge in [0.2, 0.25) is 0 Å². The van der Waals surface area contributed by atoms with Gasteiger partial charge in [0.25, 0.3) is 0 Å². The Morgan fingerprint density at radius 1 is 0.273 bits per heavy atom. The standard InChI is InChI=1S/C71H126O6/c1-4-7-10-13-16-19-22-24-26-27-28-29-30-31-32-33-34-35-36-37-38-39-40-41-42-43-45-46-49-52-55-58-61-64-70(73)76-67-68(66-75-69(72)63-60-57-54-51-48-21-18-15-12-9-6-3)77-71(74)65-62-59-56-53-50-47-44-25-23-20-17-14-11-8-5-2/h7,10,16-17,19-20,24-26,28-29,44,68H,4-6,8-9,11-15,18,21-23,27,30-43,45-67H2,1-3H3/b10-7-,19-16-,20-17-,26-24-,29-28-,44-25-. The van der Waals surface area contributed by atoms with E-state index in [9.17, 15) is 14.4 Å². The van der Waals surface area contributed by atoms with Gasteiger partial charge in [0.05, 0.1) is 0 Å². The van der Waals surface area contributed by atoms with E-state index in [1.165, 1.54) is 193 Å². The molecule has 0 aromatic rings. The van der Waals surface area contributed by atoms with E-state index in [1.807, 2.05) is 0 Å². The molecule has 1 atom stereocenters. The maximum atomic E-state index is 12.9. The lowest BCUT2D eigenvalue weighted by atomic mass is 10.0. The van der Waals surface area contributed by atoms with Crippen molar-refractivity contribution < 1.29 is 28.6 Å². The maximum Gasteiger partial charge on any atom is 0.306 e. The highest BCUT2D eigenvalue weighted by Gasteiger charge is 2.19. The molecular weight excluding hydrogens is 949 g/mol. The van der Waals surface area contributed by atoms with Gasteiger partial charge >= 0.3 is 17.9 Å². The zero-order chi connectivity index (χ0) is 55.7. The first-order valence-corrected chi connectivity index (χ1v) is 33.4. The van der Waals surface area contributed by atoms with Crippen LogP contribution < -0.4 is 0 Å². The van der Waals surface area contributed by atoms with Crippen LogP contribution in [-0.4, -0.2) is 37.2 Å². The predicted octanol–water partition coefficient (Wildman–Crippen LogP) is 22.9. The minimum absolute atomic E-state index is 0.0755. The summed E-state index contributed by atoms with van der Waals surface area (Å²) in [6.45, 7) is 6.52. The Morgan fingerprint density at radius 2 is 0.506 bits per heavy atom. The van der Waals surface area contributed by atoms with Crippen LogP contribution in [0.15, 0.2) is 72.9 Å². The predicted molar refractivity (Wildman–Crippen MR) is 335 cm³/mol. The lowest BCUT2D eigenvalue weighted by Gasteiger charge is -2.18. The van der Waals surface area contributed by atoms with Crippen molar-refractivity contribution in [3.8, 4) is 0 Å². The zero-order valence-electron chi connectivity index (χ0n) is 51.2. The molecule has 1 unspecified atom stereocenters. The van der Waals surface area contributed by atoms with Gasteiger partial charge in [-0.05, 0) is 89.9 Å². The van der Waals surface area contributed by atoms with Gasteiger partial charge in [-0.15, -0.1) is 0 Å². The smallest absolute Gasteiger partial charge is 0.306 e. The number of hydrogen-bond acceptors (Lipinski definition) is 6. The quantitative estimate of drug-likeness (QED) is 0.0261. The average Bonchev–Trinajstić information content (AvgIpc) is 3.43. The first kappa shape index (κ1) is 73.8. The second kappa shape index (κ2) is 65.4. The number of ether oxygens (including phenoxy) is 3. The van der Waals surface area contributed by atoms with E-state index < -0.39 is 6.10 Å². The number of hydrogen-bond donors (Lipinski definition) is 0. The van der Waals surface area contributed by atoms with Crippen molar-refractivity contribution in [2.24, 2.45) is 0 Å². The molecule has 0 N–H and O–H groups in total. The number of carbonyl (C=O) groups is 3. The van der Waals surface area contributed by atoms with Crippen LogP contribution in [0, 0.1) is 0 Å². The molecule has 6 nitrogen and oxygen atoms in total. The molecule has 0 heterocycles. The highest BCUT2D eigenvalue weighted by molar-refractivity contribution is 5.71. The van der Waals surface area contributed by atoms with Crippen LogP contribution in [0.5, 0.6) is 0 Å². The van der Waals surface area contributed by atoms with Gasteiger partial charge < -0.3 is 14.2 Å². The average molecular weight is 1080 g/mol. The van der Waals surface area contributed by atoms with E-state index in [0.29, 0.717) is 19.3 Å². The van der Waals surface area contributed by atoms with E-state index in [2.05, 4.69) is 93.7 Å². The monoisotopic (exact) mass is 1070 g/mol. The van der Waals surface area contributed by atoms with Gasteiger partial charge in [0.15, 0.2) is 6.10 Å². The summed E-state index contributed by atoms with van der Waals surface area (Å²) in [6, 6.07) is 0. The molecular formula is C71H126O6. The Balaban J connectivity index is 4.08. The molecule has 6 heteroatoms. The highest BCUT2D eigenvalue weighted by Crippen LogP contribution is 2.17. The lowest BCUT2D eigenvalue weighted by molar-refractivity contribution is -0.167. The van der Waals surface area contributed by atoms with Crippen molar-refractivity contribution in [2.75, 3.05) is 13.2 Å². The van der Waals surface area contributed by atoms with Crippen LogP contribution in [0.25, 0.3) is 0 Å². The van der Waals surface area contributed by atoms with Crippen LogP contribution >= 0.6 is 0 Å². The summed E-state index contributed by atoms with van der Waals surface area (Å²) >= 11 is 0. The van der Waals surface area contributed by atoms with Gasteiger partial charge in [0.1, 0.15) is 13.2 Å². The van der Waals surface area contributed by atoms with Gasteiger partial charge in [-0.3, -0.25) is 14.4 Å². The van der Waals surface area contributed by atoms with Gasteiger partial charge in [-0.1, -0.05) is 306 Å². The second-order valence-corrected chi connectivity index (χ2v) is 22.4. The maximum absolute atomic E-state index is 12.9. The first-order valence-electron chi connectivity index (χ1n) is 33.4. The molecule has 0 amide bonds. The molecule has 0 saturated heterocycles. The Labute approximate surface area is 478 Å². The van der Waals surface area contributed by atoms with Gasteiger partial charge in [-0.25, -0.2) is 0 Å². The molecule has 77 heavy (non-hydrogen) atoms. The molecule has 0 spiro atoms. The van der Waals surface area contributed by atoms with Gasteiger partial charge in [0, 0.05) is 19.3 Å². The summed E-state index contributed by atoms with van der Waals surface area (Å²) in [5.74, 6) is -0.872.